The van der Waals surface area contributed by atoms with Gasteiger partial charge in [0.05, 0.1) is 13.7 Å². The number of fused-ring (bicyclic) bond motifs is 1. The fourth-order valence-corrected chi connectivity index (χ4v) is 3.15. The van der Waals surface area contributed by atoms with Crippen molar-refractivity contribution >= 4 is 11.8 Å². The van der Waals surface area contributed by atoms with Crippen LogP contribution in [-0.2, 0) is 16.1 Å². The highest BCUT2D eigenvalue weighted by atomic mass is 16.5. The standard InChI is InChI=1S/C15H19N3O3/c1-10-14(19)17-8-4-5-12(17)15(20)18(10)9-11-13(21-2)6-3-7-16-11/h3,6-7,10,12H,4-5,8-9H2,1-2H3/t10-,12-/m0/s1. The molecule has 0 radical (unpaired) electrons. The second-order valence-corrected chi connectivity index (χ2v) is 5.48. The third kappa shape index (κ3) is 2.24. The first-order valence-electron chi connectivity index (χ1n) is 7.22. The third-order valence-electron chi connectivity index (χ3n) is 4.32. The van der Waals surface area contributed by atoms with Crippen molar-refractivity contribution in [2.24, 2.45) is 0 Å². The zero-order valence-electron chi connectivity index (χ0n) is 12.3. The van der Waals surface area contributed by atoms with Gasteiger partial charge in [0.2, 0.25) is 11.8 Å². The maximum atomic E-state index is 12.6. The number of amides is 2. The van der Waals surface area contributed by atoms with Crippen LogP contribution in [0.4, 0.5) is 0 Å². The average Bonchev–Trinajstić information content (AvgIpc) is 2.99. The number of ether oxygens (including phenoxy) is 1. The molecule has 1 aromatic heterocycles. The van der Waals surface area contributed by atoms with Crippen LogP contribution < -0.4 is 4.74 Å². The summed E-state index contributed by atoms with van der Waals surface area (Å²) in [6, 6.07) is 2.86. The van der Waals surface area contributed by atoms with Crippen LogP contribution in [0.3, 0.4) is 0 Å². The van der Waals surface area contributed by atoms with Crippen LogP contribution in [0, 0.1) is 0 Å². The van der Waals surface area contributed by atoms with Gasteiger partial charge >= 0.3 is 0 Å². The zero-order chi connectivity index (χ0) is 15.0. The normalized spacial score (nSPS) is 25.2. The van der Waals surface area contributed by atoms with Gasteiger partial charge in [-0.2, -0.15) is 0 Å². The quantitative estimate of drug-likeness (QED) is 0.826. The molecule has 3 rings (SSSR count). The van der Waals surface area contributed by atoms with Gasteiger partial charge in [0.15, 0.2) is 0 Å². The monoisotopic (exact) mass is 289 g/mol. The molecule has 2 fully saturated rings. The Morgan fingerprint density at radius 3 is 2.95 bits per heavy atom. The summed E-state index contributed by atoms with van der Waals surface area (Å²) in [7, 11) is 1.58. The van der Waals surface area contributed by atoms with E-state index in [9.17, 15) is 9.59 Å². The van der Waals surface area contributed by atoms with Gasteiger partial charge in [-0.05, 0) is 31.9 Å². The fourth-order valence-electron chi connectivity index (χ4n) is 3.15. The molecule has 2 aliphatic rings. The summed E-state index contributed by atoms with van der Waals surface area (Å²) in [5, 5.41) is 0. The predicted octanol–water partition coefficient (Wildman–Crippen LogP) is 0.812. The summed E-state index contributed by atoms with van der Waals surface area (Å²) in [6.45, 7) is 2.78. The van der Waals surface area contributed by atoms with Gasteiger partial charge in [-0.25, -0.2) is 0 Å². The minimum Gasteiger partial charge on any atom is -0.495 e. The second-order valence-electron chi connectivity index (χ2n) is 5.48. The van der Waals surface area contributed by atoms with E-state index in [-0.39, 0.29) is 17.9 Å². The van der Waals surface area contributed by atoms with Crippen LogP contribution in [0.1, 0.15) is 25.5 Å². The lowest BCUT2D eigenvalue weighted by molar-refractivity contribution is -0.159. The van der Waals surface area contributed by atoms with Crippen LogP contribution in [-0.4, -0.2) is 52.3 Å². The van der Waals surface area contributed by atoms with Crippen molar-refractivity contribution in [2.75, 3.05) is 13.7 Å². The van der Waals surface area contributed by atoms with Crippen molar-refractivity contribution in [1.82, 2.24) is 14.8 Å². The molecule has 2 amide bonds. The van der Waals surface area contributed by atoms with E-state index in [1.165, 1.54) is 0 Å². The Labute approximate surface area is 123 Å². The Hall–Kier alpha value is -2.11. The van der Waals surface area contributed by atoms with Crippen molar-refractivity contribution < 1.29 is 14.3 Å². The molecular formula is C15H19N3O3. The van der Waals surface area contributed by atoms with Crippen LogP contribution >= 0.6 is 0 Å². The summed E-state index contributed by atoms with van der Waals surface area (Å²) in [6.07, 6.45) is 3.32. The number of pyridine rings is 1. The molecule has 21 heavy (non-hydrogen) atoms. The van der Waals surface area contributed by atoms with E-state index in [1.54, 1.807) is 36.1 Å². The largest absolute Gasteiger partial charge is 0.495 e. The number of carbonyl (C=O) groups is 2. The van der Waals surface area contributed by atoms with Crippen LogP contribution in [0.25, 0.3) is 0 Å². The molecule has 0 saturated carbocycles. The molecule has 0 aromatic carbocycles. The lowest BCUT2D eigenvalue weighted by Crippen LogP contribution is -2.61. The number of nitrogens with zero attached hydrogens (tertiary/aromatic N) is 3. The molecule has 0 aliphatic carbocycles. The number of methoxy groups -OCH3 is 1. The maximum absolute atomic E-state index is 12.6. The minimum absolute atomic E-state index is 0.0207. The van der Waals surface area contributed by atoms with E-state index >= 15 is 0 Å². The zero-order valence-corrected chi connectivity index (χ0v) is 12.3. The minimum atomic E-state index is -0.446. The van der Waals surface area contributed by atoms with E-state index in [1.807, 2.05) is 6.07 Å². The lowest BCUT2D eigenvalue weighted by atomic mass is 10.1. The van der Waals surface area contributed by atoms with E-state index in [4.69, 9.17) is 4.74 Å². The van der Waals surface area contributed by atoms with Crippen molar-refractivity contribution in [3.63, 3.8) is 0 Å². The van der Waals surface area contributed by atoms with E-state index in [0.717, 1.165) is 12.8 Å². The van der Waals surface area contributed by atoms with Gasteiger partial charge in [-0.3, -0.25) is 14.6 Å². The first-order valence-corrected chi connectivity index (χ1v) is 7.22. The van der Waals surface area contributed by atoms with Crippen molar-refractivity contribution in [3.05, 3.63) is 24.0 Å². The highest BCUT2D eigenvalue weighted by Crippen LogP contribution is 2.28. The van der Waals surface area contributed by atoms with Crippen LogP contribution in [0.15, 0.2) is 18.3 Å². The number of aromatic nitrogens is 1. The fraction of sp³-hybridized carbons (Fsp3) is 0.533. The van der Waals surface area contributed by atoms with E-state index in [0.29, 0.717) is 24.5 Å². The Morgan fingerprint density at radius 2 is 2.19 bits per heavy atom. The molecule has 6 nitrogen and oxygen atoms in total. The Bertz CT molecular complexity index is 575. The highest BCUT2D eigenvalue weighted by Gasteiger charge is 2.46. The molecule has 112 valence electrons. The molecule has 0 unspecified atom stereocenters. The predicted molar refractivity (Wildman–Crippen MR) is 75.5 cm³/mol. The van der Waals surface area contributed by atoms with Crippen molar-refractivity contribution in [1.29, 1.82) is 0 Å². The molecule has 0 spiro atoms. The molecule has 2 saturated heterocycles. The Morgan fingerprint density at radius 1 is 1.38 bits per heavy atom. The molecule has 1 aromatic rings. The number of piperazine rings is 1. The molecule has 0 bridgehead atoms. The van der Waals surface area contributed by atoms with Crippen LogP contribution in [0.2, 0.25) is 0 Å². The summed E-state index contributed by atoms with van der Waals surface area (Å²) in [5.41, 5.74) is 0.680. The van der Waals surface area contributed by atoms with Gasteiger partial charge in [-0.15, -0.1) is 0 Å². The SMILES string of the molecule is COc1cccnc1CN1C(=O)[C@@H]2CCCN2C(=O)[C@@H]1C. The van der Waals surface area contributed by atoms with Gasteiger partial charge in [-0.1, -0.05) is 0 Å². The Kier molecular flexibility index (Phi) is 3.53. The van der Waals surface area contributed by atoms with Crippen molar-refractivity contribution in [2.45, 2.75) is 38.4 Å². The summed E-state index contributed by atoms with van der Waals surface area (Å²) < 4.78 is 5.28. The third-order valence-corrected chi connectivity index (χ3v) is 4.32. The van der Waals surface area contributed by atoms with E-state index in [2.05, 4.69) is 4.98 Å². The summed E-state index contributed by atoms with van der Waals surface area (Å²) in [5.74, 6) is 0.693. The molecule has 2 atom stereocenters. The molecule has 2 aliphatic heterocycles. The molecular weight excluding hydrogens is 270 g/mol. The number of rotatable bonds is 3. The first-order chi connectivity index (χ1) is 10.1. The molecule has 3 heterocycles. The Balaban J connectivity index is 1.87. The topological polar surface area (TPSA) is 62.7 Å². The van der Waals surface area contributed by atoms with E-state index < -0.39 is 6.04 Å². The molecule has 0 N–H and O–H groups in total. The lowest BCUT2D eigenvalue weighted by Gasteiger charge is -2.40. The number of hydrogen-bond donors (Lipinski definition) is 0. The smallest absolute Gasteiger partial charge is 0.246 e. The van der Waals surface area contributed by atoms with Gasteiger partial charge in [0, 0.05) is 12.7 Å². The second kappa shape index (κ2) is 5.35. The summed E-state index contributed by atoms with van der Waals surface area (Å²) >= 11 is 0. The number of hydrogen-bond acceptors (Lipinski definition) is 4. The number of carbonyl (C=O) groups excluding carboxylic acids is 2. The van der Waals surface area contributed by atoms with Gasteiger partial charge in [0.25, 0.3) is 0 Å². The molecule has 6 heteroatoms. The van der Waals surface area contributed by atoms with Crippen molar-refractivity contribution in [3.8, 4) is 5.75 Å². The summed E-state index contributed by atoms with van der Waals surface area (Å²) in [4.78, 5) is 32.6. The maximum Gasteiger partial charge on any atom is 0.246 e. The first kappa shape index (κ1) is 13.9. The highest BCUT2D eigenvalue weighted by molar-refractivity contribution is 5.97. The average molecular weight is 289 g/mol. The van der Waals surface area contributed by atoms with Gasteiger partial charge < -0.3 is 14.5 Å². The van der Waals surface area contributed by atoms with Crippen LogP contribution in [0.5, 0.6) is 5.75 Å². The van der Waals surface area contributed by atoms with Gasteiger partial charge in [0.1, 0.15) is 23.5 Å².